The normalized spacial score (nSPS) is 15.2. The largest absolute Gasteiger partial charge is 0.497 e. The summed E-state index contributed by atoms with van der Waals surface area (Å²) in [5.41, 5.74) is 0.708. The fourth-order valence-corrected chi connectivity index (χ4v) is 2.95. The quantitative estimate of drug-likeness (QED) is 0.557. The lowest BCUT2D eigenvalue weighted by molar-refractivity contribution is -0.122. The third-order valence-corrected chi connectivity index (χ3v) is 4.31. The van der Waals surface area contributed by atoms with Crippen LogP contribution in [0.5, 0.6) is 17.2 Å². The number of ether oxygens (including phenoxy) is 3. The first kappa shape index (κ1) is 20.9. The van der Waals surface area contributed by atoms with Crippen LogP contribution in [0.2, 0.25) is 0 Å². The van der Waals surface area contributed by atoms with Crippen LogP contribution in [0.15, 0.2) is 48.0 Å². The van der Waals surface area contributed by atoms with E-state index < -0.39 is 17.8 Å². The molecule has 0 unspecified atom stereocenters. The fourth-order valence-electron chi connectivity index (χ4n) is 2.95. The number of barbiturate groups is 1. The predicted molar refractivity (Wildman–Crippen MR) is 111 cm³/mol. The Morgan fingerprint density at radius 2 is 1.60 bits per heavy atom. The number of nitrogens with zero attached hydrogens (tertiary/aromatic N) is 1. The molecule has 1 saturated heterocycles. The van der Waals surface area contributed by atoms with Crippen LogP contribution in [0.1, 0.15) is 19.4 Å². The summed E-state index contributed by atoms with van der Waals surface area (Å²) in [4.78, 5) is 38.5. The van der Waals surface area contributed by atoms with E-state index in [-0.39, 0.29) is 5.57 Å². The van der Waals surface area contributed by atoms with Gasteiger partial charge in [0.2, 0.25) is 0 Å². The summed E-state index contributed by atoms with van der Waals surface area (Å²) < 4.78 is 16.2. The summed E-state index contributed by atoms with van der Waals surface area (Å²) in [6, 6.07) is 10.6. The van der Waals surface area contributed by atoms with Crippen molar-refractivity contribution in [1.82, 2.24) is 5.32 Å². The Labute approximate surface area is 174 Å². The van der Waals surface area contributed by atoms with Crippen LogP contribution in [0.4, 0.5) is 10.5 Å². The molecular formula is C22H22N2O6. The summed E-state index contributed by atoms with van der Waals surface area (Å²) >= 11 is 0. The number of carbonyl (C=O) groups excluding carboxylic acids is 3. The van der Waals surface area contributed by atoms with Gasteiger partial charge in [0.25, 0.3) is 11.8 Å². The lowest BCUT2D eigenvalue weighted by Crippen LogP contribution is -2.54. The van der Waals surface area contributed by atoms with Gasteiger partial charge in [-0.15, -0.1) is 0 Å². The van der Waals surface area contributed by atoms with E-state index >= 15 is 0 Å². The van der Waals surface area contributed by atoms with Gasteiger partial charge in [-0.25, -0.2) is 9.69 Å². The first-order chi connectivity index (χ1) is 14.5. The summed E-state index contributed by atoms with van der Waals surface area (Å²) in [6.07, 6.45) is 1.42. The first-order valence-corrected chi connectivity index (χ1v) is 9.43. The zero-order valence-corrected chi connectivity index (χ0v) is 16.9. The fraction of sp³-hybridized carbons (Fsp3) is 0.227. The Balaban J connectivity index is 1.96. The van der Waals surface area contributed by atoms with Crippen LogP contribution < -0.4 is 24.4 Å². The Kier molecular flexibility index (Phi) is 6.36. The van der Waals surface area contributed by atoms with Crippen LogP contribution >= 0.6 is 0 Å². The third kappa shape index (κ3) is 4.27. The van der Waals surface area contributed by atoms with Gasteiger partial charge in [0.05, 0.1) is 26.0 Å². The molecule has 156 valence electrons. The topological polar surface area (TPSA) is 94.2 Å². The highest BCUT2D eigenvalue weighted by Gasteiger charge is 2.36. The Bertz CT molecular complexity index is 997. The number of rotatable bonds is 7. The van der Waals surface area contributed by atoms with E-state index in [0.29, 0.717) is 41.7 Å². The molecule has 8 heteroatoms. The molecule has 0 spiro atoms. The maximum atomic E-state index is 13.0. The summed E-state index contributed by atoms with van der Waals surface area (Å²) in [5, 5.41) is 2.20. The van der Waals surface area contributed by atoms with Crippen molar-refractivity contribution in [1.29, 1.82) is 0 Å². The van der Waals surface area contributed by atoms with Crippen molar-refractivity contribution in [3.63, 3.8) is 0 Å². The lowest BCUT2D eigenvalue weighted by Gasteiger charge is -2.26. The van der Waals surface area contributed by atoms with E-state index in [4.69, 9.17) is 14.2 Å². The van der Waals surface area contributed by atoms with Gasteiger partial charge in [-0.05, 0) is 61.9 Å². The minimum atomic E-state index is -0.811. The molecule has 0 aromatic heterocycles. The molecule has 0 bridgehead atoms. The Morgan fingerprint density at radius 1 is 0.933 bits per heavy atom. The van der Waals surface area contributed by atoms with Crippen molar-refractivity contribution < 1.29 is 28.6 Å². The molecule has 30 heavy (non-hydrogen) atoms. The maximum Gasteiger partial charge on any atom is 0.335 e. The lowest BCUT2D eigenvalue weighted by atomic mass is 10.1. The molecule has 0 aliphatic carbocycles. The SMILES string of the molecule is CCOc1ccc(/C=C2\C(=O)NC(=O)N(c3ccc(OC)cc3)C2=O)cc1OCC. The standard InChI is InChI=1S/C22H22N2O6/c1-4-29-18-11-6-14(13-19(18)30-5-2)12-17-20(25)23-22(27)24(21(17)26)15-7-9-16(28-3)10-8-15/h6-13H,4-5H2,1-3H3,(H,23,25,27)/b17-12+. The molecule has 0 radical (unpaired) electrons. The second kappa shape index (κ2) is 9.13. The zero-order chi connectivity index (χ0) is 21.7. The predicted octanol–water partition coefficient (Wildman–Crippen LogP) is 3.16. The zero-order valence-electron chi connectivity index (χ0n) is 16.9. The second-order valence-electron chi connectivity index (χ2n) is 6.23. The number of methoxy groups -OCH3 is 1. The maximum absolute atomic E-state index is 13.0. The van der Waals surface area contributed by atoms with Crippen molar-refractivity contribution in [2.75, 3.05) is 25.2 Å². The van der Waals surface area contributed by atoms with Gasteiger partial charge in [0.1, 0.15) is 11.3 Å². The molecule has 4 amide bonds. The molecule has 0 atom stereocenters. The average molecular weight is 410 g/mol. The van der Waals surface area contributed by atoms with E-state index in [0.717, 1.165) is 4.90 Å². The van der Waals surface area contributed by atoms with E-state index in [2.05, 4.69) is 5.32 Å². The number of carbonyl (C=O) groups is 3. The van der Waals surface area contributed by atoms with Crippen LogP contribution in [-0.2, 0) is 9.59 Å². The van der Waals surface area contributed by atoms with Gasteiger partial charge in [0.15, 0.2) is 11.5 Å². The van der Waals surface area contributed by atoms with Crippen molar-refractivity contribution in [2.24, 2.45) is 0 Å². The van der Waals surface area contributed by atoms with Crippen LogP contribution in [-0.4, -0.2) is 38.2 Å². The smallest absolute Gasteiger partial charge is 0.335 e. The van der Waals surface area contributed by atoms with E-state index in [1.54, 1.807) is 42.5 Å². The molecule has 1 fully saturated rings. The van der Waals surface area contributed by atoms with Gasteiger partial charge >= 0.3 is 6.03 Å². The molecule has 2 aromatic carbocycles. The highest BCUT2D eigenvalue weighted by molar-refractivity contribution is 6.39. The second-order valence-corrected chi connectivity index (χ2v) is 6.23. The molecule has 1 aliphatic rings. The molecule has 1 heterocycles. The van der Waals surface area contributed by atoms with Crippen LogP contribution in [0, 0.1) is 0 Å². The number of imide groups is 2. The molecule has 1 aliphatic heterocycles. The number of nitrogens with one attached hydrogen (secondary N) is 1. The summed E-state index contributed by atoms with van der Waals surface area (Å²) in [5.74, 6) is 0.159. The summed E-state index contributed by atoms with van der Waals surface area (Å²) in [7, 11) is 1.51. The highest BCUT2D eigenvalue weighted by Crippen LogP contribution is 2.30. The van der Waals surface area contributed by atoms with Gasteiger partial charge < -0.3 is 14.2 Å². The summed E-state index contributed by atoms with van der Waals surface area (Å²) in [6.45, 7) is 4.61. The van der Waals surface area contributed by atoms with Gasteiger partial charge in [0, 0.05) is 0 Å². The van der Waals surface area contributed by atoms with Crippen molar-refractivity contribution in [3.8, 4) is 17.2 Å². The molecule has 2 aromatic rings. The number of amides is 4. The van der Waals surface area contributed by atoms with E-state index in [1.807, 2.05) is 13.8 Å². The van der Waals surface area contributed by atoms with Crippen molar-refractivity contribution in [2.45, 2.75) is 13.8 Å². The molecular weight excluding hydrogens is 388 g/mol. The minimum absolute atomic E-state index is 0.169. The van der Waals surface area contributed by atoms with Gasteiger partial charge in [-0.1, -0.05) is 6.07 Å². The van der Waals surface area contributed by atoms with E-state index in [9.17, 15) is 14.4 Å². The molecule has 8 nitrogen and oxygen atoms in total. The van der Waals surface area contributed by atoms with Crippen LogP contribution in [0.25, 0.3) is 6.08 Å². The molecule has 1 N–H and O–H groups in total. The number of hydrogen-bond donors (Lipinski definition) is 1. The number of hydrogen-bond acceptors (Lipinski definition) is 6. The van der Waals surface area contributed by atoms with E-state index in [1.165, 1.54) is 13.2 Å². The number of anilines is 1. The Hall–Kier alpha value is -3.81. The molecule has 3 rings (SSSR count). The number of urea groups is 1. The average Bonchev–Trinajstić information content (AvgIpc) is 2.73. The van der Waals surface area contributed by atoms with Gasteiger partial charge in [-0.3, -0.25) is 14.9 Å². The Morgan fingerprint density at radius 3 is 2.23 bits per heavy atom. The van der Waals surface area contributed by atoms with Crippen LogP contribution in [0.3, 0.4) is 0 Å². The molecule has 0 saturated carbocycles. The monoisotopic (exact) mass is 410 g/mol. The third-order valence-electron chi connectivity index (χ3n) is 4.31. The number of benzene rings is 2. The first-order valence-electron chi connectivity index (χ1n) is 9.43. The van der Waals surface area contributed by atoms with Crippen molar-refractivity contribution in [3.05, 3.63) is 53.6 Å². The van der Waals surface area contributed by atoms with Crippen molar-refractivity contribution >= 4 is 29.6 Å². The minimum Gasteiger partial charge on any atom is -0.497 e. The highest BCUT2D eigenvalue weighted by atomic mass is 16.5. The van der Waals surface area contributed by atoms with Gasteiger partial charge in [-0.2, -0.15) is 0 Å².